The van der Waals surface area contributed by atoms with Crippen LogP contribution in [-0.2, 0) is 13.6 Å². The van der Waals surface area contributed by atoms with Crippen molar-refractivity contribution in [3.05, 3.63) is 75.7 Å². The van der Waals surface area contributed by atoms with Crippen LogP contribution in [0.25, 0.3) is 0 Å². The Hall–Kier alpha value is -2.62. The molecule has 2 rings (SSSR count). The lowest BCUT2D eigenvalue weighted by Gasteiger charge is -2.26. The van der Waals surface area contributed by atoms with Crippen molar-refractivity contribution in [2.24, 2.45) is 7.05 Å². The molecule has 0 amide bonds. The van der Waals surface area contributed by atoms with Crippen LogP contribution in [0.3, 0.4) is 0 Å². The number of rotatable bonds is 6. The topological polar surface area (TPSA) is 42.3 Å². The van der Waals surface area contributed by atoms with E-state index in [1.807, 2.05) is 67.3 Å². The van der Waals surface area contributed by atoms with Crippen molar-refractivity contribution >= 4 is 12.0 Å². The lowest BCUT2D eigenvalue weighted by molar-refractivity contribution is 0.112. The van der Waals surface area contributed by atoms with Crippen LogP contribution in [0.1, 0.15) is 28.5 Å². The predicted octanol–water partition coefficient (Wildman–Crippen LogP) is 3.09. The number of nitrogens with zero attached hydrogens (tertiary/aromatic N) is 2. The van der Waals surface area contributed by atoms with Gasteiger partial charge in [-0.25, -0.2) is 0 Å². The highest BCUT2D eigenvalue weighted by Crippen LogP contribution is 2.20. The van der Waals surface area contributed by atoms with Crippen LogP contribution in [0.4, 0.5) is 5.69 Å². The van der Waals surface area contributed by atoms with Gasteiger partial charge in [-0.2, -0.15) is 0 Å². The number of carbonyl (C=O) groups excluding carboxylic acids is 1. The van der Waals surface area contributed by atoms with E-state index in [0.717, 1.165) is 11.3 Å². The van der Waals surface area contributed by atoms with E-state index in [2.05, 4.69) is 0 Å². The molecule has 0 radical (unpaired) electrons. The molecule has 23 heavy (non-hydrogen) atoms. The third kappa shape index (κ3) is 3.77. The Bertz CT molecular complexity index is 761. The van der Waals surface area contributed by atoms with Crippen molar-refractivity contribution < 1.29 is 4.79 Å². The maximum atomic E-state index is 12.4. The van der Waals surface area contributed by atoms with Crippen LogP contribution < -0.4 is 10.5 Å². The van der Waals surface area contributed by atoms with Crippen molar-refractivity contribution in [3.8, 4) is 0 Å². The summed E-state index contributed by atoms with van der Waals surface area (Å²) in [4.78, 5) is 25.9. The van der Waals surface area contributed by atoms with Gasteiger partial charge in [-0.1, -0.05) is 42.5 Å². The average molecular weight is 310 g/mol. The molecule has 1 aromatic heterocycles. The number of hydrogen-bond acceptors (Lipinski definition) is 3. The third-order valence-electron chi connectivity index (χ3n) is 3.92. The maximum absolute atomic E-state index is 12.4. The number of carbonyl (C=O) groups is 1. The Labute approximate surface area is 136 Å². The lowest BCUT2D eigenvalue weighted by Crippen LogP contribution is -2.30. The van der Waals surface area contributed by atoms with Gasteiger partial charge in [0, 0.05) is 25.8 Å². The molecule has 2 aromatic rings. The van der Waals surface area contributed by atoms with Gasteiger partial charge in [-0.05, 0) is 25.5 Å². The summed E-state index contributed by atoms with van der Waals surface area (Å²) in [5.74, 6) is 0. The lowest BCUT2D eigenvalue weighted by atomic mass is 10.1. The summed E-state index contributed by atoms with van der Waals surface area (Å²) < 4.78 is 1.50. The zero-order valence-electron chi connectivity index (χ0n) is 13.8. The third-order valence-corrected chi connectivity index (χ3v) is 3.92. The molecule has 0 bridgehead atoms. The Balaban J connectivity index is 2.51. The maximum Gasteiger partial charge on any atom is 0.263 e. The molecular formula is C19H22N2O2. The molecule has 0 aliphatic carbocycles. The number of benzene rings is 1. The molecule has 0 aliphatic rings. The second-order valence-electron chi connectivity index (χ2n) is 5.50. The number of pyridine rings is 1. The number of hydrogen-bond donors (Lipinski definition) is 0. The van der Waals surface area contributed by atoms with Gasteiger partial charge in [0.05, 0.1) is 5.69 Å². The summed E-state index contributed by atoms with van der Waals surface area (Å²) in [6.07, 6.45) is 4.64. The van der Waals surface area contributed by atoms with Crippen molar-refractivity contribution in [1.29, 1.82) is 0 Å². The fraction of sp³-hybridized carbons (Fsp3) is 0.263. The zero-order chi connectivity index (χ0) is 16.8. The predicted molar refractivity (Wildman–Crippen MR) is 94.1 cm³/mol. The highest BCUT2D eigenvalue weighted by atomic mass is 16.1. The molecule has 1 heterocycles. The number of aromatic nitrogens is 1. The van der Waals surface area contributed by atoms with E-state index in [9.17, 15) is 9.59 Å². The van der Waals surface area contributed by atoms with Gasteiger partial charge in [0.25, 0.3) is 5.56 Å². The summed E-state index contributed by atoms with van der Waals surface area (Å²) >= 11 is 0. The second-order valence-corrected chi connectivity index (χ2v) is 5.50. The highest BCUT2D eigenvalue weighted by Gasteiger charge is 2.16. The van der Waals surface area contributed by atoms with Crippen LogP contribution in [0.5, 0.6) is 0 Å². The van der Waals surface area contributed by atoms with E-state index in [-0.39, 0.29) is 11.1 Å². The molecule has 0 saturated heterocycles. The first-order chi connectivity index (χ1) is 11.1. The second kappa shape index (κ2) is 7.58. The van der Waals surface area contributed by atoms with Crippen molar-refractivity contribution in [2.75, 3.05) is 11.4 Å². The van der Waals surface area contributed by atoms with E-state index in [4.69, 9.17) is 0 Å². The molecule has 1 aromatic carbocycles. The summed E-state index contributed by atoms with van der Waals surface area (Å²) in [5, 5.41) is 0. The number of aldehydes is 1. The van der Waals surface area contributed by atoms with Crippen LogP contribution in [-0.4, -0.2) is 17.4 Å². The van der Waals surface area contributed by atoms with Crippen LogP contribution in [0.2, 0.25) is 0 Å². The van der Waals surface area contributed by atoms with Crippen molar-refractivity contribution in [2.45, 2.75) is 20.4 Å². The molecule has 0 aliphatic heterocycles. The van der Waals surface area contributed by atoms with Gasteiger partial charge in [-0.15, -0.1) is 0 Å². The minimum absolute atomic E-state index is 0.207. The monoisotopic (exact) mass is 310 g/mol. The van der Waals surface area contributed by atoms with Gasteiger partial charge in [0.15, 0.2) is 6.29 Å². The number of aryl methyl sites for hydroxylation is 1. The first-order valence-corrected chi connectivity index (χ1v) is 7.64. The van der Waals surface area contributed by atoms with E-state index >= 15 is 0 Å². The van der Waals surface area contributed by atoms with E-state index < -0.39 is 0 Å². The standard InChI is InChI=1S/C19H22N2O2/c1-4-5-11-21(13-16-9-7-6-8-10-16)18-12-15(2)20(3)19(23)17(18)14-22/h4-10,12,14H,11,13H2,1-3H3/b5-4+. The molecule has 4 heteroatoms. The molecule has 4 nitrogen and oxygen atoms in total. The molecule has 0 unspecified atom stereocenters. The summed E-state index contributed by atoms with van der Waals surface area (Å²) in [7, 11) is 1.68. The highest BCUT2D eigenvalue weighted by molar-refractivity contribution is 5.84. The largest absolute Gasteiger partial charge is 0.363 e. The molecule has 0 fully saturated rings. The summed E-state index contributed by atoms with van der Waals surface area (Å²) in [5.41, 5.74) is 2.59. The smallest absolute Gasteiger partial charge is 0.263 e. The van der Waals surface area contributed by atoms with Crippen molar-refractivity contribution in [3.63, 3.8) is 0 Å². The Kier molecular flexibility index (Phi) is 5.52. The summed E-state index contributed by atoms with van der Waals surface area (Å²) in [6, 6.07) is 11.9. The first kappa shape index (κ1) is 16.7. The minimum atomic E-state index is -0.256. The average Bonchev–Trinajstić information content (AvgIpc) is 2.57. The Morgan fingerprint density at radius 2 is 1.91 bits per heavy atom. The van der Waals surface area contributed by atoms with Crippen LogP contribution >= 0.6 is 0 Å². The fourth-order valence-electron chi connectivity index (χ4n) is 2.48. The van der Waals surface area contributed by atoms with Gasteiger partial charge in [-0.3, -0.25) is 9.59 Å². The van der Waals surface area contributed by atoms with Gasteiger partial charge in [0.1, 0.15) is 5.56 Å². The van der Waals surface area contributed by atoms with Crippen molar-refractivity contribution in [1.82, 2.24) is 4.57 Å². The zero-order valence-corrected chi connectivity index (χ0v) is 13.8. The number of anilines is 1. The quantitative estimate of drug-likeness (QED) is 0.608. The molecular weight excluding hydrogens is 288 g/mol. The van der Waals surface area contributed by atoms with Gasteiger partial charge < -0.3 is 9.47 Å². The normalized spacial score (nSPS) is 10.9. The van der Waals surface area contributed by atoms with Gasteiger partial charge in [0.2, 0.25) is 0 Å². The SMILES string of the molecule is C/C=C/CN(Cc1ccccc1)c1cc(C)n(C)c(=O)c1C=O. The first-order valence-electron chi connectivity index (χ1n) is 7.64. The van der Waals surface area contributed by atoms with Crippen LogP contribution in [0.15, 0.2) is 53.3 Å². The molecule has 0 atom stereocenters. The minimum Gasteiger partial charge on any atom is -0.363 e. The summed E-state index contributed by atoms with van der Waals surface area (Å²) in [6.45, 7) is 5.10. The molecule has 0 saturated carbocycles. The molecule has 120 valence electrons. The Morgan fingerprint density at radius 1 is 1.22 bits per heavy atom. The van der Waals surface area contributed by atoms with E-state index in [0.29, 0.717) is 25.1 Å². The van der Waals surface area contributed by atoms with Gasteiger partial charge >= 0.3 is 0 Å². The van der Waals surface area contributed by atoms with Crippen LogP contribution in [0, 0.1) is 6.92 Å². The number of allylic oxidation sites excluding steroid dienone is 1. The van der Waals surface area contributed by atoms with E-state index in [1.54, 1.807) is 7.05 Å². The van der Waals surface area contributed by atoms with E-state index in [1.165, 1.54) is 4.57 Å². The molecule has 0 spiro atoms. The fourth-order valence-corrected chi connectivity index (χ4v) is 2.48. The molecule has 0 N–H and O–H groups in total. The Morgan fingerprint density at radius 3 is 2.52 bits per heavy atom.